The van der Waals surface area contributed by atoms with Crippen LogP contribution < -0.4 is 10.6 Å². The van der Waals surface area contributed by atoms with Gasteiger partial charge in [-0.05, 0) is 71.4 Å². The number of aromatic amines is 2. The molecule has 14 nitrogen and oxygen atoms in total. The fraction of sp³-hybridized carbons (Fsp3) is 0.455. The lowest BCUT2D eigenvalue weighted by molar-refractivity contribution is -0.135. The first-order chi connectivity index (χ1) is 28.3. The van der Waals surface area contributed by atoms with Crippen LogP contribution in [0.3, 0.4) is 0 Å². The highest BCUT2D eigenvalue weighted by molar-refractivity contribution is 6.78. The lowest BCUT2D eigenvalue weighted by Gasteiger charge is -2.30. The summed E-state index contributed by atoms with van der Waals surface area (Å²) in [5.41, 5.74) is 5.78. The molecule has 310 valence electrons. The number of aromatic nitrogens is 4. The van der Waals surface area contributed by atoms with E-state index in [1.165, 1.54) is 14.2 Å². The second kappa shape index (κ2) is 16.2. The summed E-state index contributed by atoms with van der Waals surface area (Å²) in [5.74, 6) is 1.66. The Morgan fingerprint density at radius 1 is 0.831 bits per heavy atom. The van der Waals surface area contributed by atoms with Crippen LogP contribution in [0.15, 0.2) is 60.8 Å². The molecule has 4 atom stereocenters. The minimum atomic E-state index is -1.77. The van der Waals surface area contributed by atoms with Gasteiger partial charge in [0.05, 0.1) is 57.3 Å². The van der Waals surface area contributed by atoms with Crippen molar-refractivity contribution in [3.05, 3.63) is 72.4 Å². The predicted octanol–water partition coefficient (Wildman–Crippen LogP) is 7.47. The molecule has 1 saturated carbocycles. The first-order valence-electron chi connectivity index (χ1n) is 20.7. The summed E-state index contributed by atoms with van der Waals surface area (Å²) in [4.78, 5) is 72.6. The van der Waals surface area contributed by atoms with Crippen molar-refractivity contribution in [3.8, 4) is 22.4 Å². The van der Waals surface area contributed by atoms with Crippen molar-refractivity contribution in [1.29, 1.82) is 0 Å². The van der Waals surface area contributed by atoms with Crippen LogP contribution in [0.25, 0.3) is 44.2 Å². The Morgan fingerprint density at radius 2 is 1.54 bits per heavy atom. The van der Waals surface area contributed by atoms with Crippen molar-refractivity contribution >= 4 is 53.9 Å². The van der Waals surface area contributed by atoms with E-state index in [9.17, 15) is 19.2 Å². The van der Waals surface area contributed by atoms with Gasteiger partial charge < -0.3 is 39.9 Å². The van der Waals surface area contributed by atoms with E-state index >= 15 is 0 Å². The van der Waals surface area contributed by atoms with Crippen molar-refractivity contribution in [1.82, 2.24) is 40.4 Å². The van der Waals surface area contributed by atoms with Crippen molar-refractivity contribution in [3.63, 3.8) is 0 Å². The molecule has 1 aliphatic carbocycles. The maximum absolute atomic E-state index is 14.0. The standard InChI is InChI=1S/C44H54N8O6Si/c1-25(2)37(50-44(56)58-4)42(54)52-24-59(5,6)23-36(52)40-46-32-18-16-30-21-29(15-17-31(30)38(32)49-40)27-11-13-28(14-12-27)34-22-45-39(47-34)35-8-7-19-51(35)41(53)33(20-26-9-10-26)48-43(55)57-3/h11-18,21-22,25-26,33,35-37H,7-10,19-20,23-24H2,1-6H3,(H,45,47)(H,46,49)(H,48,55)(H,50,56)/t33-,35-,36-,37-/m0/s1. The van der Waals surface area contributed by atoms with Gasteiger partial charge in [-0.2, -0.15) is 0 Å². The van der Waals surface area contributed by atoms with E-state index in [0.717, 1.165) is 87.6 Å². The molecule has 59 heavy (non-hydrogen) atoms. The Balaban J connectivity index is 0.990. The van der Waals surface area contributed by atoms with Gasteiger partial charge in [-0.3, -0.25) is 9.59 Å². The number of carbonyl (C=O) groups is 4. The molecule has 0 unspecified atom stereocenters. The monoisotopic (exact) mass is 818 g/mol. The maximum Gasteiger partial charge on any atom is 0.407 e. The molecule has 4 N–H and O–H groups in total. The molecule has 5 aromatic rings. The predicted molar refractivity (Wildman–Crippen MR) is 228 cm³/mol. The van der Waals surface area contributed by atoms with Gasteiger partial charge in [0.15, 0.2) is 0 Å². The SMILES string of the molecule is COC(=O)N[C@@H](CC1CC1)C(=O)N1CCC[C@H]1c1ncc(-c2ccc(-c3ccc4c(ccc5nc([C@@H]6C[Si](C)(C)CN6C(=O)[C@@H](NC(=O)OC)C(C)C)[nH]c54)c3)cc2)[nH]1. The van der Waals surface area contributed by atoms with Crippen molar-refractivity contribution in [2.75, 3.05) is 26.9 Å². The molecule has 2 aliphatic heterocycles. The molecule has 0 spiro atoms. The van der Waals surface area contributed by atoms with Gasteiger partial charge in [-0.1, -0.05) is 82.2 Å². The lowest BCUT2D eigenvalue weighted by Crippen LogP contribution is -2.52. The number of imidazole rings is 2. The Bertz CT molecular complexity index is 2390. The second-order valence-electron chi connectivity index (χ2n) is 17.5. The fourth-order valence-electron chi connectivity index (χ4n) is 8.91. The molecule has 3 fully saturated rings. The molecular formula is C44H54N8O6Si. The molecule has 15 heteroatoms. The number of rotatable bonds is 11. The summed E-state index contributed by atoms with van der Waals surface area (Å²) >= 11 is 0. The topological polar surface area (TPSA) is 175 Å². The van der Waals surface area contributed by atoms with Gasteiger partial charge in [0, 0.05) is 18.1 Å². The summed E-state index contributed by atoms with van der Waals surface area (Å²) in [7, 11) is 0.848. The fourth-order valence-corrected chi connectivity index (χ4v) is 11.8. The first kappa shape index (κ1) is 40.1. The quantitative estimate of drug-likeness (QED) is 0.0994. The van der Waals surface area contributed by atoms with E-state index in [0.29, 0.717) is 25.1 Å². The van der Waals surface area contributed by atoms with Crippen molar-refractivity contribution < 1.29 is 28.7 Å². The molecule has 3 aliphatic rings. The van der Waals surface area contributed by atoms with E-state index in [4.69, 9.17) is 19.4 Å². The number of methoxy groups -OCH3 is 2. The molecule has 0 bridgehead atoms. The van der Waals surface area contributed by atoms with Crippen LogP contribution >= 0.6 is 0 Å². The van der Waals surface area contributed by atoms with Crippen LogP contribution in [-0.2, 0) is 19.1 Å². The third-order valence-electron chi connectivity index (χ3n) is 12.2. The van der Waals surface area contributed by atoms with E-state index < -0.39 is 32.3 Å². The van der Waals surface area contributed by atoms with Crippen LogP contribution in [0.4, 0.5) is 9.59 Å². The van der Waals surface area contributed by atoms with Crippen LogP contribution in [0.2, 0.25) is 19.1 Å². The largest absolute Gasteiger partial charge is 0.453 e. The lowest BCUT2D eigenvalue weighted by atomic mass is 9.99. The zero-order valence-corrected chi connectivity index (χ0v) is 35.6. The Labute approximate surface area is 344 Å². The third-order valence-corrected chi connectivity index (χ3v) is 14.9. The number of benzene rings is 3. The van der Waals surface area contributed by atoms with Gasteiger partial charge in [0.2, 0.25) is 11.8 Å². The minimum absolute atomic E-state index is 0.0830. The Kier molecular flexibility index (Phi) is 11.0. The summed E-state index contributed by atoms with van der Waals surface area (Å²) in [6, 6.07) is 18.1. The number of carbonyl (C=O) groups excluding carboxylic acids is 4. The molecule has 4 heterocycles. The zero-order chi connectivity index (χ0) is 41.6. The number of H-pyrrole nitrogens is 2. The summed E-state index contributed by atoms with van der Waals surface area (Å²) in [5, 5.41) is 7.65. The first-order valence-corrected chi connectivity index (χ1v) is 24.1. The normalized spacial score (nSPS) is 19.9. The highest BCUT2D eigenvalue weighted by Crippen LogP contribution is 2.40. The van der Waals surface area contributed by atoms with Crippen molar-refractivity contribution in [2.24, 2.45) is 11.8 Å². The van der Waals surface area contributed by atoms with E-state index in [1.807, 2.05) is 35.9 Å². The third kappa shape index (κ3) is 8.29. The van der Waals surface area contributed by atoms with Crippen LogP contribution in [-0.4, -0.2) is 101 Å². The number of fused-ring (bicyclic) bond motifs is 3. The van der Waals surface area contributed by atoms with Gasteiger partial charge in [-0.15, -0.1) is 0 Å². The van der Waals surface area contributed by atoms with Gasteiger partial charge in [0.1, 0.15) is 23.7 Å². The summed E-state index contributed by atoms with van der Waals surface area (Å²) in [6.07, 6.45) is 5.76. The molecular weight excluding hydrogens is 765 g/mol. The van der Waals surface area contributed by atoms with Gasteiger partial charge in [0.25, 0.3) is 0 Å². The van der Waals surface area contributed by atoms with Crippen LogP contribution in [0.5, 0.6) is 0 Å². The van der Waals surface area contributed by atoms with Crippen LogP contribution in [0.1, 0.15) is 69.7 Å². The van der Waals surface area contributed by atoms with Crippen LogP contribution in [0, 0.1) is 11.8 Å². The average Bonchev–Trinajstić information content (AvgIpc) is 3.62. The zero-order valence-electron chi connectivity index (χ0n) is 34.6. The number of ether oxygens (including phenoxy) is 2. The van der Waals surface area contributed by atoms with E-state index in [-0.39, 0.29) is 29.8 Å². The highest BCUT2D eigenvalue weighted by atomic mass is 28.3. The molecule has 2 saturated heterocycles. The van der Waals surface area contributed by atoms with E-state index in [2.05, 4.69) is 82.2 Å². The number of likely N-dealkylation sites (tertiary alicyclic amines) is 1. The second-order valence-corrected chi connectivity index (χ2v) is 22.6. The molecule has 0 radical (unpaired) electrons. The van der Waals surface area contributed by atoms with Gasteiger partial charge in [-0.25, -0.2) is 19.6 Å². The number of nitrogens with zero attached hydrogens (tertiary/aromatic N) is 4. The Morgan fingerprint density at radius 3 is 2.25 bits per heavy atom. The number of alkyl carbamates (subject to hydrolysis) is 2. The highest BCUT2D eigenvalue weighted by Gasteiger charge is 2.46. The van der Waals surface area contributed by atoms with Gasteiger partial charge >= 0.3 is 12.2 Å². The average molecular weight is 819 g/mol. The number of hydrogen-bond acceptors (Lipinski definition) is 8. The van der Waals surface area contributed by atoms with Crippen molar-refractivity contribution in [2.45, 2.75) is 89.3 Å². The minimum Gasteiger partial charge on any atom is -0.453 e. The Hall–Kier alpha value is -5.70. The molecule has 4 amide bonds. The summed E-state index contributed by atoms with van der Waals surface area (Å²) < 4.78 is 9.65. The molecule has 8 rings (SSSR count). The summed E-state index contributed by atoms with van der Waals surface area (Å²) in [6.45, 7) is 9.05. The molecule has 2 aromatic heterocycles. The molecule has 3 aromatic carbocycles. The smallest absolute Gasteiger partial charge is 0.407 e. The van der Waals surface area contributed by atoms with E-state index in [1.54, 1.807) is 0 Å². The number of nitrogens with one attached hydrogen (secondary N) is 4. The maximum atomic E-state index is 14.0. The number of hydrogen-bond donors (Lipinski definition) is 4. The number of amides is 4.